The van der Waals surface area contributed by atoms with Gasteiger partial charge in [-0.2, -0.15) is 0 Å². The fourth-order valence-corrected chi connectivity index (χ4v) is 1.35. The smallest absolute Gasteiger partial charge is 0.309 e. The maximum Gasteiger partial charge on any atom is 0.309 e. The fraction of sp³-hybridized carbons (Fsp3) is 0.273. The maximum absolute atomic E-state index is 11.5. The molecule has 0 saturated carbocycles. The second-order valence-corrected chi connectivity index (χ2v) is 3.58. The second kappa shape index (κ2) is 6.99. The third-order valence-corrected chi connectivity index (χ3v) is 2.39. The van der Waals surface area contributed by atoms with E-state index >= 15 is 0 Å². The molecule has 92 valence electrons. The minimum atomic E-state index is -1.22. The SMILES string of the molecule is O=C(CCNC(=O)C(O)c1ccccc1)OP. The summed E-state index contributed by atoms with van der Waals surface area (Å²) >= 11 is 0. The summed E-state index contributed by atoms with van der Waals surface area (Å²) in [5.74, 6) is -0.975. The van der Waals surface area contributed by atoms with Crippen molar-refractivity contribution < 1.29 is 19.2 Å². The van der Waals surface area contributed by atoms with Crippen molar-refractivity contribution in [3.63, 3.8) is 0 Å². The van der Waals surface area contributed by atoms with E-state index < -0.39 is 18.0 Å². The van der Waals surface area contributed by atoms with E-state index in [1.807, 2.05) is 9.47 Å². The summed E-state index contributed by atoms with van der Waals surface area (Å²) in [6.07, 6.45) is -1.15. The van der Waals surface area contributed by atoms with Crippen LogP contribution in [0.3, 0.4) is 0 Å². The summed E-state index contributed by atoms with van der Waals surface area (Å²) < 4.78 is 4.34. The topological polar surface area (TPSA) is 75.6 Å². The lowest BCUT2D eigenvalue weighted by Crippen LogP contribution is -2.31. The molecular formula is C11H14NO4P. The molecule has 0 bridgehead atoms. The van der Waals surface area contributed by atoms with Crippen molar-refractivity contribution in [1.82, 2.24) is 5.32 Å². The molecule has 1 rings (SSSR count). The molecule has 0 aliphatic carbocycles. The Morgan fingerprint density at radius 3 is 2.59 bits per heavy atom. The van der Waals surface area contributed by atoms with E-state index in [4.69, 9.17) is 0 Å². The van der Waals surface area contributed by atoms with Gasteiger partial charge in [-0.05, 0) is 5.56 Å². The summed E-state index contributed by atoms with van der Waals surface area (Å²) in [6.45, 7) is 0.135. The van der Waals surface area contributed by atoms with E-state index in [1.165, 1.54) is 0 Å². The Hall–Kier alpha value is -1.45. The summed E-state index contributed by atoms with van der Waals surface area (Å²) in [7, 11) is 1.84. The van der Waals surface area contributed by atoms with Gasteiger partial charge in [0.1, 0.15) is 0 Å². The molecule has 1 aromatic rings. The first-order chi connectivity index (χ1) is 8.15. The highest BCUT2D eigenvalue weighted by molar-refractivity contribution is 7.10. The van der Waals surface area contributed by atoms with Crippen LogP contribution in [0.2, 0.25) is 0 Å². The number of aliphatic hydroxyl groups excluding tert-OH is 1. The minimum absolute atomic E-state index is 0.0662. The van der Waals surface area contributed by atoms with Gasteiger partial charge in [0.25, 0.3) is 5.91 Å². The first kappa shape index (κ1) is 13.6. The van der Waals surface area contributed by atoms with Crippen LogP contribution >= 0.6 is 9.47 Å². The monoisotopic (exact) mass is 255 g/mol. The number of nitrogens with one attached hydrogen (secondary N) is 1. The number of hydrogen-bond donors (Lipinski definition) is 2. The van der Waals surface area contributed by atoms with Gasteiger partial charge in [-0.3, -0.25) is 9.59 Å². The Bertz CT molecular complexity index is 382. The molecule has 0 aliphatic rings. The molecule has 0 heterocycles. The molecule has 0 saturated heterocycles. The molecule has 0 aromatic heterocycles. The Balaban J connectivity index is 2.40. The molecule has 0 fully saturated rings. The number of carbonyl (C=O) groups is 2. The lowest BCUT2D eigenvalue weighted by molar-refractivity contribution is -0.133. The third-order valence-electron chi connectivity index (χ3n) is 2.12. The van der Waals surface area contributed by atoms with Crippen LogP contribution in [0.25, 0.3) is 0 Å². The molecule has 5 nitrogen and oxygen atoms in total. The zero-order chi connectivity index (χ0) is 12.7. The first-order valence-electron chi connectivity index (χ1n) is 5.05. The quantitative estimate of drug-likeness (QED) is 0.754. The van der Waals surface area contributed by atoms with E-state index in [0.29, 0.717) is 5.56 Å². The van der Waals surface area contributed by atoms with Crippen LogP contribution in [0.4, 0.5) is 0 Å². The van der Waals surface area contributed by atoms with Crippen molar-refractivity contribution in [2.75, 3.05) is 6.54 Å². The van der Waals surface area contributed by atoms with Gasteiger partial charge in [-0.1, -0.05) is 30.3 Å². The molecule has 0 aliphatic heterocycles. The van der Waals surface area contributed by atoms with Crippen LogP contribution in [-0.2, 0) is 14.1 Å². The van der Waals surface area contributed by atoms with Crippen molar-refractivity contribution in [2.24, 2.45) is 0 Å². The highest BCUT2D eigenvalue weighted by Crippen LogP contribution is 2.11. The predicted molar refractivity (Wildman–Crippen MR) is 64.8 cm³/mol. The van der Waals surface area contributed by atoms with Gasteiger partial charge in [0.2, 0.25) is 0 Å². The third kappa shape index (κ3) is 4.51. The van der Waals surface area contributed by atoms with Gasteiger partial charge in [0.15, 0.2) is 6.10 Å². The van der Waals surface area contributed by atoms with Gasteiger partial charge in [0.05, 0.1) is 15.9 Å². The van der Waals surface area contributed by atoms with Crippen LogP contribution < -0.4 is 5.32 Å². The number of carbonyl (C=O) groups excluding carboxylic acids is 2. The molecule has 2 N–H and O–H groups in total. The van der Waals surface area contributed by atoms with Crippen LogP contribution in [-0.4, -0.2) is 23.5 Å². The van der Waals surface area contributed by atoms with E-state index in [-0.39, 0.29) is 13.0 Å². The lowest BCUT2D eigenvalue weighted by atomic mass is 10.1. The highest BCUT2D eigenvalue weighted by atomic mass is 31.0. The van der Waals surface area contributed by atoms with Crippen molar-refractivity contribution in [3.8, 4) is 0 Å². The minimum Gasteiger partial charge on any atom is -0.451 e. The van der Waals surface area contributed by atoms with E-state index in [9.17, 15) is 14.7 Å². The van der Waals surface area contributed by atoms with Gasteiger partial charge >= 0.3 is 5.97 Å². The Labute approximate surface area is 101 Å². The largest absolute Gasteiger partial charge is 0.451 e. The average Bonchev–Trinajstić information content (AvgIpc) is 2.38. The fourth-order valence-electron chi connectivity index (χ4n) is 1.23. The Morgan fingerprint density at radius 1 is 1.35 bits per heavy atom. The van der Waals surface area contributed by atoms with E-state index in [0.717, 1.165) is 0 Å². The van der Waals surface area contributed by atoms with Gasteiger partial charge in [-0.25, -0.2) is 0 Å². The standard InChI is InChI=1S/C11H14NO4P/c13-9(16-17)6-7-12-11(15)10(14)8-4-2-1-3-5-8/h1-5,10,14H,6-7,17H2,(H,12,15). The number of hydrogen-bond acceptors (Lipinski definition) is 4. The maximum atomic E-state index is 11.5. The normalized spacial score (nSPS) is 11.6. The zero-order valence-corrected chi connectivity index (χ0v) is 10.3. The summed E-state index contributed by atoms with van der Waals surface area (Å²) in [4.78, 5) is 22.3. The van der Waals surface area contributed by atoms with Gasteiger partial charge < -0.3 is 14.9 Å². The highest BCUT2D eigenvalue weighted by Gasteiger charge is 2.16. The average molecular weight is 255 g/mol. The zero-order valence-electron chi connectivity index (χ0n) is 9.13. The molecule has 0 spiro atoms. The van der Waals surface area contributed by atoms with Crippen molar-refractivity contribution in [2.45, 2.75) is 12.5 Å². The van der Waals surface area contributed by atoms with Crippen LogP contribution in [0.1, 0.15) is 18.1 Å². The summed E-state index contributed by atoms with van der Waals surface area (Å²) in [6, 6.07) is 8.57. The van der Waals surface area contributed by atoms with Crippen molar-refractivity contribution in [1.29, 1.82) is 0 Å². The Morgan fingerprint density at radius 2 is 2.00 bits per heavy atom. The number of rotatable bonds is 5. The van der Waals surface area contributed by atoms with E-state index in [2.05, 4.69) is 9.84 Å². The molecular weight excluding hydrogens is 241 g/mol. The van der Waals surface area contributed by atoms with Crippen LogP contribution in [0, 0.1) is 0 Å². The first-order valence-corrected chi connectivity index (χ1v) is 5.52. The van der Waals surface area contributed by atoms with E-state index in [1.54, 1.807) is 30.3 Å². The molecule has 2 atom stereocenters. The molecule has 17 heavy (non-hydrogen) atoms. The number of aliphatic hydroxyl groups is 1. The summed E-state index contributed by atoms with van der Waals surface area (Å²) in [5, 5.41) is 12.1. The molecule has 0 radical (unpaired) electrons. The second-order valence-electron chi connectivity index (χ2n) is 3.34. The predicted octanol–water partition coefficient (Wildman–Crippen LogP) is 0.560. The lowest BCUT2D eigenvalue weighted by Gasteiger charge is -2.10. The summed E-state index contributed by atoms with van der Waals surface area (Å²) in [5.41, 5.74) is 0.513. The van der Waals surface area contributed by atoms with Crippen molar-refractivity contribution >= 4 is 21.3 Å². The molecule has 6 heteroatoms. The number of benzene rings is 1. The van der Waals surface area contributed by atoms with Gasteiger partial charge in [-0.15, -0.1) is 0 Å². The van der Waals surface area contributed by atoms with Crippen LogP contribution in [0.15, 0.2) is 30.3 Å². The van der Waals surface area contributed by atoms with Crippen LogP contribution in [0.5, 0.6) is 0 Å². The Kier molecular flexibility index (Phi) is 5.60. The molecule has 1 aromatic carbocycles. The molecule has 1 amide bonds. The molecule has 2 unspecified atom stereocenters. The van der Waals surface area contributed by atoms with Crippen molar-refractivity contribution in [3.05, 3.63) is 35.9 Å². The van der Waals surface area contributed by atoms with Gasteiger partial charge in [0, 0.05) is 6.54 Å². The number of amides is 1.